The fourth-order valence-electron chi connectivity index (χ4n) is 4.97. The molecule has 2 aromatic carbocycles. The fourth-order valence-corrected chi connectivity index (χ4v) is 5.36. The van der Waals surface area contributed by atoms with Crippen molar-refractivity contribution in [3.8, 4) is 0 Å². The highest BCUT2D eigenvalue weighted by atomic mass is 35.5. The number of carbonyl (C=O) groups excluding carboxylic acids is 1. The quantitative estimate of drug-likeness (QED) is 0.346. The van der Waals surface area contributed by atoms with Crippen LogP contribution in [0.3, 0.4) is 0 Å². The third kappa shape index (κ3) is 5.42. The predicted octanol–water partition coefficient (Wildman–Crippen LogP) is 6.38. The van der Waals surface area contributed by atoms with E-state index in [9.17, 15) is 14.7 Å². The van der Waals surface area contributed by atoms with Gasteiger partial charge in [-0.15, -0.1) is 0 Å². The summed E-state index contributed by atoms with van der Waals surface area (Å²) in [4.78, 5) is 26.6. The number of amides is 1. The lowest BCUT2D eigenvalue weighted by Gasteiger charge is -2.17. The summed E-state index contributed by atoms with van der Waals surface area (Å²) in [7, 11) is 1.99. The molecule has 1 atom stereocenters. The van der Waals surface area contributed by atoms with Crippen LogP contribution in [0.5, 0.6) is 0 Å². The van der Waals surface area contributed by atoms with Crippen LogP contribution in [0.25, 0.3) is 10.9 Å². The van der Waals surface area contributed by atoms with E-state index in [4.69, 9.17) is 23.2 Å². The average Bonchev–Trinajstić information content (AvgIpc) is 3.40. The largest absolute Gasteiger partial charge is 0.481 e. The number of benzene rings is 2. The first-order valence-corrected chi connectivity index (χ1v) is 12.6. The summed E-state index contributed by atoms with van der Waals surface area (Å²) in [6.45, 7) is 0.726. The molecule has 1 aliphatic rings. The summed E-state index contributed by atoms with van der Waals surface area (Å²) in [5.41, 5.74) is 3.90. The number of aromatic nitrogens is 1. The van der Waals surface area contributed by atoms with E-state index in [1.54, 1.807) is 4.90 Å². The Balaban J connectivity index is 1.45. The van der Waals surface area contributed by atoms with Gasteiger partial charge in [0.05, 0.1) is 11.5 Å². The van der Waals surface area contributed by atoms with Crippen molar-refractivity contribution in [1.29, 1.82) is 0 Å². The molecule has 3 aromatic rings. The number of aryl methyl sites for hydroxylation is 2. The Kier molecular flexibility index (Phi) is 7.84. The van der Waals surface area contributed by atoms with Crippen molar-refractivity contribution in [2.45, 2.75) is 44.9 Å². The molecule has 2 heterocycles. The highest BCUT2D eigenvalue weighted by Gasteiger charge is 2.33. The van der Waals surface area contributed by atoms with E-state index in [0.29, 0.717) is 23.6 Å². The maximum absolute atomic E-state index is 13.6. The topological polar surface area (TPSA) is 62.5 Å². The van der Waals surface area contributed by atoms with Crippen LogP contribution in [-0.2, 0) is 24.7 Å². The first kappa shape index (κ1) is 24.6. The summed E-state index contributed by atoms with van der Waals surface area (Å²) >= 11 is 12.4. The number of rotatable bonds is 9. The van der Waals surface area contributed by atoms with E-state index in [1.165, 1.54) is 5.56 Å². The zero-order valence-electron chi connectivity index (χ0n) is 19.4. The lowest BCUT2D eigenvalue weighted by Crippen LogP contribution is -2.30. The van der Waals surface area contributed by atoms with Crippen LogP contribution in [0.15, 0.2) is 42.5 Å². The van der Waals surface area contributed by atoms with Crippen LogP contribution in [0.1, 0.15) is 53.7 Å². The third-order valence-corrected chi connectivity index (χ3v) is 7.31. The SMILES string of the molecule is Cn1c(CCCCCCc2cccc(Cl)c2)c(C(=O)N2CC[C@@H](C(=O)O)C2)c2cc(Cl)ccc21. The lowest BCUT2D eigenvalue weighted by molar-refractivity contribution is -0.141. The van der Waals surface area contributed by atoms with E-state index in [1.807, 2.05) is 43.4 Å². The van der Waals surface area contributed by atoms with Crippen molar-refractivity contribution in [3.05, 3.63) is 69.3 Å². The van der Waals surface area contributed by atoms with E-state index >= 15 is 0 Å². The van der Waals surface area contributed by atoms with Gasteiger partial charge in [0.25, 0.3) is 5.91 Å². The van der Waals surface area contributed by atoms with E-state index in [-0.39, 0.29) is 12.5 Å². The van der Waals surface area contributed by atoms with Gasteiger partial charge in [0.2, 0.25) is 0 Å². The molecule has 5 nitrogen and oxygen atoms in total. The minimum atomic E-state index is -0.839. The van der Waals surface area contributed by atoms with Crippen molar-refractivity contribution in [2.24, 2.45) is 13.0 Å². The fraction of sp³-hybridized carbons (Fsp3) is 0.407. The number of fused-ring (bicyclic) bond motifs is 1. The van der Waals surface area contributed by atoms with Gasteiger partial charge in [0.15, 0.2) is 0 Å². The molecule has 1 aliphatic heterocycles. The Morgan fingerprint density at radius 3 is 2.44 bits per heavy atom. The minimum Gasteiger partial charge on any atom is -0.481 e. The van der Waals surface area contributed by atoms with Crippen LogP contribution in [0.4, 0.5) is 0 Å². The van der Waals surface area contributed by atoms with Crippen LogP contribution < -0.4 is 0 Å². The summed E-state index contributed by atoms with van der Waals surface area (Å²) in [5, 5.41) is 11.6. The van der Waals surface area contributed by atoms with Gasteiger partial charge in [0.1, 0.15) is 0 Å². The van der Waals surface area contributed by atoms with Gasteiger partial charge >= 0.3 is 5.97 Å². The molecule has 0 aliphatic carbocycles. The molecule has 0 spiro atoms. The molecular formula is C27H30Cl2N2O3. The second kappa shape index (κ2) is 10.8. The molecule has 1 fully saturated rings. The molecule has 0 saturated carbocycles. The maximum atomic E-state index is 13.6. The van der Waals surface area contributed by atoms with Crippen molar-refractivity contribution < 1.29 is 14.7 Å². The van der Waals surface area contributed by atoms with Crippen LogP contribution in [0, 0.1) is 5.92 Å². The van der Waals surface area contributed by atoms with E-state index < -0.39 is 11.9 Å². The number of nitrogens with zero attached hydrogens (tertiary/aromatic N) is 2. The van der Waals surface area contributed by atoms with E-state index in [0.717, 1.165) is 60.1 Å². The zero-order valence-corrected chi connectivity index (χ0v) is 20.9. The molecule has 180 valence electrons. The van der Waals surface area contributed by atoms with Crippen LogP contribution >= 0.6 is 23.2 Å². The molecule has 1 saturated heterocycles. The Hall–Kier alpha value is -2.50. The molecule has 0 unspecified atom stereocenters. The van der Waals surface area contributed by atoms with Gasteiger partial charge in [0, 0.05) is 46.8 Å². The van der Waals surface area contributed by atoms with Crippen molar-refractivity contribution in [1.82, 2.24) is 9.47 Å². The average molecular weight is 501 g/mol. The van der Waals surface area contributed by atoms with E-state index in [2.05, 4.69) is 10.6 Å². The zero-order chi connectivity index (χ0) is 24.2. The number of hydrogen-bond donors (Lipinski definition) is 1. The van der Waals surface area contributed by atoms with Crippen molar-refractivity contribution >= 4 is 46.0 Å². The Bertz CT molecular complexity index is 1200. The van der Waals surface area contributed by atoms with Gasteiger partial charge in [-0.1, -0.05) is 48.2 Å². The van der Waals surface area contributed by atoms with Crippen molar-refractivity contribution in [3.63, 3.8) is 0 Å². The lowest BCUT2D eigenvalue weighted by atomic mass is 10.0. The molecule has 1 amide bonds. The molecule has 7 heteroatoms. The first-order valence-electron chi connectivity index (χ1n) is 11.9. The van der Waals surface area contributed by atoms with Gasteiger partial charge in [-0.25, -0.2) is 0 Å². The number of hydrogen-bond acceptors (Lipinski definition) is 2. The normalized spacial score (nSPS) is 15.9. The minimum absolute atomic E-state index is 0.0902. The highest BCUT2D eigenvalue weighted by Crippen LogP contribution is 2.32. The third-order valence-electron chi connectivity index (χ3n) is 6.84. The molecule has 0 bridgehead atoms. The number of carboxylic acid groups (broad SMARTS) is 1. The number of unbranched alkanes of at least 4 members (excludes halogenated alkanes) is 3. The number of aliphatic carboxylic acids is 1. The predicted molar refractivity (Wildman–Crippen MR) is 137 cm³/mol. The van der Waals surface area contributed by atoms with Crippen LogP contribution in [-0.4, -0.2) is 39.5 Å². The van der Waals surface area contributed by atoms with Gasteiger partial charge in [-0.2, -0.15) is 0 Å². The second-order valence-electron chi connectivity index (χ2n) is 9.16. The van der Waals surface area contributed by atoms with Crippen molar-refractivity contribution in [2.75, 3.05) is 13.1 Å². The smallest absolute Gasteiger partial charge is 0.308 e. The summed E-state index contributed by atoms with van der Waals surface area (Å²) in [6, 6.07) is 13.7. The number of halogens is 2. The monoisotopic (exact) mass is 500 g/mol. The molecule has 1 N–H and O–H groups in total. The molecule has 1 aromatic heterocycles. The second-order valence-corrected chi connectivity index (χ2v) is 10.0. The van der Waals surface area contributed by atoms with Gasteiger partial charge in [-0.05, 0) is 68.0 Å². The Morgan fingerprint density at radius 1 is 1.00 bits per heavy atom. The number of likely N-dealkylation sites (tertiary alicyclic amines) is 1. The Morgan fingerprint density at radius 2 is 1.74 bits per heavy atom. The Labute approximate surface area is 210 Å². The molecule has 4 rings (SSSR count). The summed E-state index contributed by atoms with van der Waals surface area (Å²) in [6.07, 6.45) is 6.55. The van der Waals surface area contributed by atoms with Gasteiger partial charge < -0.3 is 14.6 Å². The van der Waals surface area contributed by atoms with Crippen LogP contribution in [0.2, 0.25) is 10.0 Å². The number of carboxylic acids is 1. The maximum Gasteiger partial charge on any atom is 0.308 e. The molecule has 0 radical (unpaired) electrons. The molecular weight excluding hydrogens is 471 g/mol. The standard InChI is InChI=1S/C27H30Cl2N2O3/c1-30-23-12-11-21(29)16-22(23)25(26(32)31-14-13-19(17-31)27(33)34)24(30)10-5-3-2-4-7-18-8-6-9-20(28)15-18/h6,8-9,11-12,15-16,19H,2-5,7,10,13-14,17H2,1H3,(H,33,34)/t19-/m1/s1. The summed E-state index contributed by atoms with van der Waals surface area (Å²) in [5.74, 6) is -1.42. The number of carbonyl (C=O) groups is 2. The first-order chi connectivity index (χ1) is 16.3. The summed E-state index contributed by atoms with van der Waals surface area (Å²) < 4.78 is 2.09. The molecule has 34 heavy (non-hydrogen) atoms. The highest BCUT2D eigenvalue weighted by molar-refractivity contribution is 6.31. The van der Waals surface area contributed by atoms with Gasteiger partial charge in [-0.3, -0.25) is 9.59 Å².